The van der Waals surface area contributed by atoms with Gasteiger partial charge in [0, 0.05) is 12.1 Å². The molecule has 0 aliphatic heterocycles. The molecular weight excluding hydrogens is 441 g/mol. The minimum atomic E-state index is -0.536. The molecule has 1 rings (SSSR count). The Labute approximate surface area is 165 Å². The van der Waals surface area contributed by atoms with Gasteiger partial charge in [0.25, 0.3) is 0 Å². The summed E-state index contributed by atoms with van der Waals surface area (Å²) >= 11 is 1.47. The van der Waals surface area contributed by atoms with Crippen molar-refractivity contribution in [1.29, 1.82) is 0 Å². The quantitative estimate of drug-likeness (QED) is 0.388. The van der Waals surface area contributed by atoms with Crippen molar-refractivity contribution in [2.45, 2.75) is 39.8 Å². The van der Waals surface area contributed by atoms with Crippen LogP contribution in [0.3, 0.4) is 0 Å². The molecular formula is C16H26IN3O3S. The number of nitrogens with zero attached hydrogens (tertiary/aromatic N) is 1. The number of carbonyl (C=O) groups excluding carboxylic acids is 1. The summed E-state index contributed by atoms with van der Waals surface area (Å²) in [6.45, 7) is 7.74. The van der Waals surface area contributed by atoms with Gasteiger partial charge in [0.2, 0.25) is 0 Å². The van der Waals surface area contributed by atoms with Gasteiger partial charge in [0.15, 0.2) is 5.17 Å². The fourth-order valence-electron chi connectivity index (χ4n) is 1.76. The highest BCUT2D eigenvalue weighted by molar-refractivity contribution is 14.0. The second-order valence-corrected chi connectivity index (χ2v) is 7.02. The fraction of sp³-hybridized carbons (Fsp3) is 0.500. The number of aliphatic imine (C=N–C) groups is 1. The number of rotatable bonds is 5. The van der Waals surface area contributed by atoms with E-state index in [0.717, 1.165) is 11.3 Å². The summed E-state index contributed by atoms with van der Waals surface area (Å²) in [5, 5.41) is 3.21. The Kier molecular flexibility index (Phi) is 10.1. The van der Waals surface area contributed by atoms with Crippen LogP contribution in [0.25, 0.3) is 0 Å². The molecule has 1 amide bonds. The number of benzene rings is 1. The predicted molar refractivity (Wildman–Crippen MR) is 111 cm³/mol. The summed E-state index contributed by atoms with van der Waals surface area (Å²) in [7, 11) is 1.58. The summed E-state index contributed by atoms with van der Waals surface area (Å²) in [5.41, 5.74) is 6.80. The van der Waals surface area contributed by atoms with Crippen LogP contribution in [0.2, 0.25) is 0 Å². The van der Waals surface area contributed by atoms with Gasteiger partial charge in [-0.3, -0.25) is 0 Å². The number of methoxy groups -OCH3 is 1. The zero-order valence-corrected chi connectivity index (χ0v) is 17.9. The van der Waals surface area contributed by atoms with E-state index in [4.69, 9.17) is 15.2 Å². The van der Waals surface area contributed by atoms with Crippen molar-refractivity contribution in [2.24, 2.45) is 10.7 Å². The first-order valence-electron chi connectivity index (χ1n) is 7.36. The summed E-state index contributed by atoms with van der Waals surface area (Å²) in [6.07, 6.45) is -0.477. The third-order valence-electron chi connectivity index (χ3n) is 2.62. The molecule has 8 heteroatoms. The second kappa shape index (κ2) is 10.7. The number of halogens is 1. The summed E-state index contributed by atoms with van der Waals surface area (Å²) < 4.78 is 10.5. The molecule has 1 aromatic rings. The van der Waals surface area contributed by atoms with Crippen LogP contribution in [0, 0.1) is 0 Å². The highest BCUT2D eigenvalue weighted by Crippen LogP contribution is 2.25. The summed E-state index contributed by atoms with van der Waals surface area (Å²) in [6, 6.07) is 5.45. The molecule has 0 aromatic heterocycles. The Morgan fingerprint density at radius 1 is 1.38 bits per heavy atom. The highest BCUT2D eigenvalue weighted by atomic mass is 127. The largest absolute Gasteiger partial charge is 0.496 e. The lowest BCUT2D eigenvalue weighted by molar-refractivity contribution is 0.0523. The number of nitrogens with two attached hydrogens (primary N) is 1. The Bertz CT molecular complexity index is 574. The lowest BCUT2D eigenvalue weighted by Crippen LogP contribution is -2.32. The third-order valence-corrected chi connectivity index (χ3v) is 3.29. The molecule has 0 saturated carbocycles. The van der Waals surface area contributed by atoms with Gasteiger partial charge in [0.05, 0.1) is 12.8 Å². The number of carbonyl (C=O) groups is 1. The van der Waals surface area contributed by atoms with Gasteiger partial charge >= 0.3 is 6.09 Å². The molecule has 0 heterocycles. The molecule has 0 saturated heterocycles. The minimum absolute atomic E-state index is 0. The second-order valence-electron chi connectivity index (χ2n) is 5.73. The number of hydrogen-bond acceptors (Lipinski definition) is 5. The average Bonchev–Trinajstić information content (AvgIpc) is 2.43. The van der Waals surface area contributed by atoms with E-state index in [2.05, 4.69) is 10.3 Å². The van der Waals surface area contributed by atoms with Crippen molar-refractivity contribution in [1.82, 2.24) is 5.32 Å². The van der Waals surface area contributed by atoms with Crippen molar-refractivity contribution >= 4 is 52.7 Å². The van der Waals surface area contributed by atoms with Gasteiger partial charge in [-0.05, 0) is 44.7 Å². The SMILES string of the molecule is CCSC(N)=Nc1ccc(OC)c(CNC(=O)OC(C)(C)C)c1.I. The molecule has 0 aliphatic carbocycles. The Morgan fingerprint density at radius 2 is 2.04 bits per heavy atom. The first-order chi connectivity index (χ1) is 10.7. The van der Waals surface area contributed by atoms with Crippen molar-refractivity contribution in [2.75, 3.05) is 12.9 Å². The van der Waals surface area contributed by atoms with Gasteiger partial charge in [-0.15, -0.1) is 24.0 Å². The molecule has 0 aliphatic rings. The standard InChI is InChI=1S/C16H25N3O3S.HI/c1-6-23-14(17)19-12-7-8-13(21-5)11(9-12)10-18-15(20)22-16(2,3)4;/h7-9H,6,10H2,1-5H3,(H2,17,19)(H,18,20);1H. The molecule has 0 radical (unpaired) electrons. The monoisotopic (exact) mass is 467 g/mol. The van der Waals surface area contributed by atoms with Crippen LogP contribution in [-0.4, -0.2) is 29.7 Å². The van der Waals surface area contributed by atoms with E-state index in [-0.39, 0.29) is 30.5 Å². The maximum atomic E-state index is 11.8. The van der Waals surface area contributed by atoms with E-state index < -0.39 is 11.7 Å². The molecule has 0 bridgehead atoms. The van der Waals surface area contributed by atoms with Crippen molar-refractivity contribution in [3.8, 4) is 5.75 Å². The van der Waals surface area contributed by atoms with Crippen LogP contribution in [0.1, 0.15) is 33.3 Å². The first-order valence-corrected chi connectivity index (χ1v) is 8.34. The van der Waals surface area contributed by atoms with Gasteiger partial charge in [-0.25, -0.2) is 9.79 Å². The van der Waals surface area contributed by atoms with Crippen molar-refractivity contribution < 1.29 is 14.3 Å². The number of ether oxygens (including phenoxy) is 2. The number of thioether (sulfide) groups is 1. The van der Waals surface area contributed by atoms with E-state index in [1.165, 1.54) is 11.8 Å². The molecule has 24 heavy (non-hydrogen) atoms. The molecule has 1 aromatic carbocycles. The molecule has 6 nitrogen and oxygen atoms in total. The number of amides is 1. The smallest absolute Gasteiger partial charge is 0.407 e. The minimum Gasteiger partial charge on any atom is -0.496 e. The van der Waals surface area contributed by atoms with Gasteiger partial charge < -0.3 is 20.5 Å². The first kappa shape index (κ1) is 22.8. The molecule has 136 valence electrons. The number of hydrogen-bond donors (Lipinski definition) is 2. The lowest BCUT2D eigenvalue weighted by Gasteiger charge is -2.20. The summed E-state index contributed by atoms with van der Waals surface area (Å²) in [5.74, 6) is 1.53. The van der Waals surface area contributed by atoms with E-state index in [1.807, 2.05) is 39.8 Å². The van der Waals surface area contributed by atoms with Crippen molar-refractivity contribution in [3.05, 3.63) is 23.8 Å². The van der Waals surface area contributed by atoms with Gasteiger partial charge in [-0.2, -0.15) is 0 Å². The van der Waals surface area contributed by atoms with E-state index in [1.54, 1.807) is 13.2 Å². The molecule has 0 atom stereocenters. The van der Waals surface area contributed by atoms with E-state index >= 15 is 0 Å². The van der Waals surface area contributed by atoms with Crippen LogP contribution in [-0.2, 0) is 11.3 Å². The van der Waals surface area contributed by atoms with E-state index in [0.29, 0.717) is 16.6 Å². The Morgan fingerprint density at radius 3 is 2.58 bits per heavy atom. The highest BCUT2D eigenvalue weighted by Gasteiger charge is 2.16. The van der Waals surface area contributed by atoms with Gasteiger partial charge in [-0.1, -0.05) is 18.7 Å². The average molecular weight is 467 g/mol. The Hall–Kier alpha value is -1.16. The van der Waals surface area contributed by atoms with Gasteiger partial charge in [0.1, 0.15) is 11.4 Å². The number of alkyl carbamates (subject to hydrolysis) is 1. The van der Waals surface area contributed by atoms with Crippen LogP contribution in [0.5, 0.6) is 5.75 Å². The molecule has 0 unspecified atom stereocenters. The van der Waals surface area contributed by atoms with Crippen LogP contribution in [0.4, 0.5) is 10.5 Å². The van der Waals surface area contributed by atoms with E-state index in [9.17, 15) is 4.79 Å². The normalized spacial score (nSPS) is 11.5. The summed E-state index contributed by atoms with van der Waals surface area (Å²) in [4.78, 5) is 16.1. The maximum absolute atomic E-state index is 11.8. The Balaban J connectivity index is 0.00000529. The number of nitrogens with one attached hydrogen (secondary N) is 1. The molecule has 3 N–H and O–H groups in total. The topological polar surface area (TPSA) is 85.9 Å². The van der Waals surface area contributed by atoms with Crippen molar-refractivity contribution in [3.63, 3.8) is 0 Å². The molecule has 0 spiro atoms. The third kappa shape index (κ3) is 8.62. The van der Waals surface area contributed by atoms with Crippen LogP contribution in [0.15, 0.2) is 23.2 Å². The number of amidine groups is 1. The fourth-order valence-corrected chi connectivity index (χ4v) is 2.23. The van der Waals surface area contributed by atoms with Crippen LogP contribution >= 0.6 is 35.7 Å². The predicted octanol–water partition coefficient (Wildman–Crippen LogP) is 4.04. The zero-order valence-electron chi connectivity index (χ0n) is 14.7. The maximum Gasteiger partial charge on any atom is 0.407 e. The van der Waals surface area contributed by atoms with Crippen LogP contribution < -0.4 is 15.8 Å². The zero-order chi connectivity index (χ0) is 17.5. The lowest BCUT2D eigenvalue weighted by atomic mass is 10.1. The molecule has 0 fully saturated rings.